The molecule has 0 radical (unpaired) electrons. The Kier molecular flexibility index (Phi) is 5.12. The van der Waals surface area contributed by atoms with Crippen molar-refractivity contribution >= 4 is 11.9 Å². The minimum atomic E-state index is -0.979. The van der Waals surface area contributed by atoms with Gasteiger partial charge in [0.1, 0.15) is 6.04 Å². The minimum absolute atomic E-state index is 0.206. The molecule has 2 atom stereocenters. The highest BCUT2D eigenvalue weighted by Gasteiger charge is 2.26. The van der Waals surface area contributed by atoms with E-state index in [0.717, 1.165) is 24.9 Å². The van der Waals surface area contributed by atoms with Gasteiger partial charge in [0.05, 0.1) is 6.04 Å². The number of carbonyl (C=O) groups is 2. The van der Waals surface area contributed by atoms with Crippen molar-refractivity contribution in [1.29, 1.82) is 0 Å². The number of hydrogen-bond donors (Lipinski definition) is 3. The van der Waals surface area contributed by atoms with Gasteiger partial charge in [0, 0.05) is 0 Å². The van der Waals surface area contributed by atoms with E-state index < -0.39 is 12.0 Å². The van der Waals surface area contributed by atoms with Crippen molar-refractivity contribution in [2.75, 3.05) is 6.54 Å². The summed E-state index contributed by atoms with van der Waals surface area (Å²) in [6, 6.07) is 8.61. The molecule has 1 aromatic rings. The van der Waals surface area contributed by atoms with Crippen LogP contribution in [0.4, 0.5) is 0 Å². The Balaban J connectivity index is 1.87. The molecule has 108 valence electrons. The molecule has 1 aliphatic heterocycles. The van der Waals surface area contributed by atoms with E-state index in [-0.39, 0.29) is 11.9 Å². The quantitative estimate of drug-likeness (QED) is 0.722. The minimum Gasteiger partial charge on any atom is -0.480 e. The number of benzene rings is 1. The monoisotopic (exact) mass is 276 g/mol. The van der Waals surface area contributed by atoms with E-state index in [1.54, 1.807) is 0 Å². The number of carboxylic acid groups (broad SMARTS) is 1. The fourth-order valence-corrected chi connectivity index (χ4v) is 2.39. The van der Waals surface area contributed by atoms with Crippen molar-refractivity contribution in [2.45, 2.75) is 37.8 Å². The van der Waals surface area contributed by atoms with Crippen LogP contribution in [-0.4, -0.2) is 35.6 Å². The maximum atomic E-state index is 11.9. The molecule has 0 aromatic heterocycles. The Morgan fingerprint density at radius 2 is 2.10 bits per heavy atom. The summed E-state index contributed by atoms with van der Waals surface area (Å²) in [5, 5.41) is 14.9. The molecule has 1 saturated heterocycles. The Morgan fingerprint density at radius 3 is 2.70 bits per heavy atom. The van der Waals surface area contributed by atoms with Gasteiger partial charge in [-0.05, 0) is 37.8 Å². The summed E-state index contributed by atoms with van der Waals surface area (Å²) >= 11 is 0. The van der Waals surface area contributed by atoms with Crippen molar-refractivity contribution in [3.8, 4) is 0 Å². The van der Waals surface area contributed by atoms with Gasteiger partial charge in [-0.2, -0.15) is 0 Å². The summed E-state index contributed by atoms with van der Waals surface area (Å²) < 4.78 is 0. The van der Waals surface area contributed by atoms with Gasteiger partial charge in [0.2, 0.25) is 5.91 Å². The SMILES string of the molecule is O=C(O)[C@H](CCc1ccccc1)NC(=O)[C@@H]1CCCN1. The molecule has 0 aliphatic carbocycles. The van der Waals surface area contributed by atoms with Crippen molar-refractivity contribution < 1.29 is 14.7 Å². The van der Waals surface area contributed by atoms with Crippen LogP contribution in [0.2, 0.25) is 0 Å². The molecule has 1 aliphatic rings. The van der Waals surface area contributed by atoms with E-state index in [9.17, 15) is 14.7 Å². The predicted molar refractivity (Wildman–Crippen MR) is 75.4 cm³/mol. The highest BCUT2D eigenvalue weighted by atomic mass is 16.4. The Hall–Kier alpha value is -1.88. The molecular weight excluding hydrogens is 256 g/mol. The average molecular weight is 276 g/mol. The van der Waals surface area contributed by atoms with Crippen molar-refractivity contribution in [2.24, 2.45) is 0 Å². The summed E-state index contributed by atoms with van der Waals surface area (Å²) in [7, 11) is 0. The normalized spacial score (nSPS) is 19.5. The maximum Gasteiger partial charge on any atom is 0.326 e. The molecule has 20 heavy (non-hydrogen) atoms. The number of nitrogens with one attached hydrogen (secondary N) is 2. The topological polar surface area (TPSA) is 78.4 Å². The molecule has 0 spiro atoms. The maximum absolute atomic E-state index is 11.9. The lowest BCUT2D eigenvalue weighted by atomic mass is 10.0. The first-order valence-electron chi connectivity index (χ1n) is 6.97. The van der Waals surface area contributed by atoms with Crippen LogP contribution in [-0.2, 0) is 16.0 Å². The zero-order valence-corrected chi connectivity index (χ0v) is 11.3. The second-order valence-electron chi connectivity index (χ2n) is 5.07. The lowest BCUT2D eigenvalue weighted by Gasteiger charge is -2.17. The second kappa shape index (κ2) is 7.05. The lowest BCUT2D eigenvalue weighted by Crippen LogP contribution is -2.48. The molecule has 0 unspecified atom stereocenters. The number of carboxylic acids is 1. The average Bonchev–Trinajstić information content (AvgIpc) is 2.98. The van der Waals surface area contributed by atoms with Crippen LogP contribution in [0.3, 0.4) is 0 Å². The first-order chi connectivity index (χ1) is 9.66. The zero-order valence-electron chi connectivity index (χ0n) is 11.3. The van der Waals surface area contributed by atoms with Gasteiger partial charge in [-0.25, -0.2) is 4.79 Å². The number of hydrogen-bond acceptors (Lipinski definition) is 3. The molecule has 1 amide bonds. The van der Waals surface area contributed by atoms with Crippen LogP contribution in [0.5, 0.6) is 0 Å². The van der Waals surface area contributed by atoms with Crippen molar-refractivity contribution in [3.05, 3.63) is 35.9 Å². The van der Waals surface area contributed by atoms with Gasteiger partial charge < -0.3 is 15.7 Å². The number of rotatable bonds is 6. The first kappa shape index (κ1) is 14.5. The molecule has 1 aromatic carbocycles. The molecule has 1 heterocycles. The molecule has 0 bridgehead atoms. The van der Waals surface area contributed by atoms with Crippen LogP contribution >= 0.6 is 0 Å². The van der Waals surface area contributed by atoms with E-state index >= 15 is 0 Å². The molecule has 5 nitrogen and oxygen atoms in total. The summed E-state index contributed by atoms with van der Waals surface area (Å²) in [5.41, 5.74) is 1.08. The predicted octanol–water partition coefficient (Wildman–Crippen LogP) is 0.941. The standard InChI is InChI=1S/C15H20N2O3/c18-14(12-7-4-10-16-12)17-13(15(19)20)9-8-11-5-2-1-3-6-11/h1-3,5-6,12-13,16H,4,7-10H2,(H,17,18)(H,19,20)/t12-,13-/m0/s1. The number of amides is 1. The summed E-state index contributed by atoms with van der Waals surface area (Å²) in [4.78, 5) is 23.2. The van der Waals surface area contributed by atoms with Crippen LogP contribution in [0.25, 0.3) is 0 Å². The molecule has 2 rings (SSSR count). The van der Waals surface area contributed by atoms with Crippen molar-refractivity contribution in [1.82, 2.24) is 10.6 Å². The number of carbonyl (C=O) groups excluding carboxylic acids is 1. The van der Waals surface area contributed by atoms with Gasteiger partial charge in [-0.3, -0.25) is 4.79 Å². The summed E-state index contributed by atoms with van der Waals surface area (Å²) in [6.07, 6.45) is 2.77. The van der Waals surface area contributed by atoms with Crippen LogP contribution in [0, 0.1) is 0 Å². The molecular formula is C15H20N2O3. The fraction of sp³-hybridized carbons (Fsp3) is 0.467. The Morgan fingerprint density at radius 1 is 1.35 bits per heavy atom. The third-order valence-corrected chi connectivity index (χ3v) is 3.56. The summed E-state index contributed by atoms with van der Waals surface area (Å²) in [5.74, 6) is -1.18. The molecule has 1 fully saturated rings. The second-order valence-corrected chi connectivity index (χ2v) is 5.07. The van der Waals surface area contributed by atoms with Gasteiger partial charge in [-0.1, -0.05) is 30.3 Å². The summed E-state index contributed by atoms with van der Waals surface area (Å²) in [6.45, 7) is 0.819. The third-order valence-electron chi connectivity index (χ3n) is 3.56. The van der Waals surface area contributed by atoms with Crippen LogP contribution < -0.4 is 10.6 Å². The van der Waals surface area contributed by atoms with E-state index in [1.165, 1.54) is 0 Å². The van der Waals surface area contributed by atoms with E-state index in [0.29, 0.717) is 12.8 Å². The van der Waals surface area contributed by atoms with Gasteiger partial charge in [0.25, 0.3) is 0 Å². The van der Waals surface area contributed by atoms with E-state index in [2.05, 4.69) is 10.6 Å². The van der Waals surface area contributed by atoms with E-state index in [1.807, 2.05) is 30.3 Å². The molecule has 3 N–H and O–H groups in total. The van der Waals surface area contributed by atoms with Gasteiger partial charge >= 0.3 is 5.97 Å². The molecule has 5 heteroatoms. The highest BCUT2D eigenvalue weighted by molar-refractivity contribution is 5.87. The lowest BCUT2D eigenvalue weighted by molar-refractivity contribution is -0.142. The number of aryl methyl sites for hydroxylation is 1. The number of aliphatic carboxylic acids is 1. The van der Waals surface area contributed by atoms with Gasteiger partial charge in [-0.15, -0.1) is 0 Å². The smallest absolute Gasteiger partial charge is 0.326 e. The van der Waals surface area contributed by atoms with E-state index in [4.69, 9.17) is 0 Å². The Bertz CT molecular complexity index is 455. The van der Waals surface area contributed by atoms with Crippen LogP contribution in [0.15, 0.2) is 30.3 Å². The van der Waals surface area contributed by atoms with Crippen LogP contribution in [0.1, 0.15) is 24.8 Å². The zero-order chi connectivity index (χ0) is 14.4. The fourth-order valence-electron chi connectivity index (χ4n) is 2.39. The first-order valence-corrected chi connectivity index (χ1v) is 6.97. The Labute approximate surface area is 118 Å². The van der Waals surface area contributed by atoms with Gasteiger partial charge in [0.15, 0.2) is 0 Å². The molecule has 0 saturated carbocycles. The van der Waals surface area contributed by atoms with Crippen molar-refractivity contribution in [3.63, 3.8) is 0 Å². The third kappa shape index (κ3) is 4.06. The highest BCUT2D eigenvalue weighted by Crippen LogP contribution is 2.08. The largest absolute Gasteiger partial charge is 0.480 e.